The van der Waals surface area contributed by atoms with Crippen LogP contribution in [0, 0.1) is 0 Å². The lowest BCUT2D eigenvalue weighted by atomic mass is 10.1. The Hall–Kier alpha value is -2.38. The molecule has 0 saturated carbocycles. The molecule has 7 nitrogen and oxygen atoms in total. The first-order valence-electron chi connectivity index (χ1n) is 8.47. The number of nitrogens with zero attached hydrogens (tertiary/aromatic N) is 2. The summed E-state index contributed by atoms with van der Waals surface area (Å²) >= 11 is 0. The molecule has 3 rings (SSSR count). The number of hydrogen-bond acceptors (Lipinski definition) is 5. The number of nitrogens with one attached hydrogen (secondary N) is 1. The molecule has 2 N–H and O–H groups in total. The molecule has 1 aliphatic heterocycles. The Bertz CT molecular complexity index is 699. The first-order valence-corrected chi connectivity index (χ1v) is 8.47. The Morgan fingerprint density at radius 3 is 2.92 bits per heavy atom. The number of aliphatic hydroxyl groups excluding tert-OH is 1. The molecule has 2 heterocycles. The summed E-state index contributed by atoms with van der Waals surface area (Å²) in [5, 5.41) is 16.3. The van der Waals surface area contributed by atoms with Gasteiger partial charge in [-0.05, 0) is 31.0 Å². The van der Waals surface area contributed by atoms with Gasteiger partial charge in [-0.15, -0.1) is 0 Å². The van der Waals surface area contributed by atoms with Gasteiger partial charge >= 0.3 is 0 Å². The summed E-state index contributed by atoms with van der Waals surface area (Å²) < 4.78 is 13.2. The van der Waals surface area contributed by atoms with Gasteiger partial charge in [0.05, 0.1) is 31.0 Å². The topological polar surface area (TPSA) is 85.6 Å². The SMILES string of the molecule is CCn1cc(C(=O)NC2CCOCC2Oc2ccc(CO)cc2)cn1. The van der Waals surface area contributed by atoms with Crippen LogP contribution >= 0.6 is 0 Å². The molecule has 7 heteroatoms. The zero-order valence-electron chi connectivity index (χ0n) is 14.2. The third-order valence-corrected chi connectivity index (χ3v) is 4.23. The summed E-state index contributed by atoms with van der Waals surface area (Å²) in [5.41, 5.74) is 1.37. The summed E-state index contributed by atoms with van der Waals surface area (Å²) in [4.78, 5) is 12.4. The summed E-state index contributed by atoms with van der Waals surface area (Å²) in [6, 6.07) is 7.11. The molecule has 1 aromatic heterocycles. The maximum Gasteiger partial charge on any atom is 0.254 e. The summed E-state index contributed by atoms with van der Waals surface area (Å²) in [5.74, 6) is 0.529. The van der Waals surface area contributed by atoms with Crippen molar-refractivity contribution in [2.75, 3.05) is 13.2 Å². The number of aryl methyl sites for hydroxylation is 1. The number of rotatable bonds is 6. The number of amides is 1. The van der Waals surface area contributed by atoms with E-state index >= 15 is 0 Å². The van der Waals surface area contributed by atoms with Crippen molar-refractivity contribution in [2.24, 2.45) is 0 Å². The number of carbonyl (C=O) groups excluding carboxylic acids is 1. The number of ether oxygens (including phenoxy) is 2. The van der Waals surface area contributed by atoms with Crippen LogP contribution in [0.15, 0.2) is 36.7 Å². The van der Waals surface area contributed by atoms with Crippen molar-refractivity contribution in [2.45, 2.75) is 38.6 Å². The lowest BCUT2D eigenvalue weighted by molar-refractivity contribution is -0.0135. The number of benzene rings is 1. The van der Waals surface area contributed by atoms with E-state index in [9.17, 15) is 4.79 Å². The molecule has 0 spiro atoms. The number of hydrogen-bond donors (Lipinski definition) is 2. The quantitative estimate of drug-likeness (QED) is 0.826. The Labute approximate surface area is 146 Å². The highest BCUT2D eigenvalue weighted by molar-refractivity contribution is 5.93. The molecule has 0 aliphatic carbocycles. The first kappa shape index (κ1) is 17.4. The van der Waals surface area contributed by atoms with Crippen molar-refractivity contribution < 1.29 is 19.4 Å². The minimum atomic E-state index is -0.265. The second-order valence-electron chi connectivity index (χ2n) is 5.99. The van der Waals surface area contributed by atoms with E-state index in [1.54, 1.807) is 17.1 Å². The fraction of sp³-hybridized carbons (Fsp3) is 0.444. The smallest absolute Gasteiger partial charge is 0.254 e. The second-order valence-corrected chi connectivity index (χ2v) is 5.99. The molecule has 134 valence electrons. The molecular formula is C18H23N3O4. The third kappa shape index (κ3) is 4.37. The minimum absolute atomic E-state index is 0.00303. The fourth-order valence-corrected chi connectivity index (χ4v) is 2.75. The van der Waals surface area contributed by atoms with E-state index in [0.717, 1.165) is 12.1 Å². The van der Waals surface area contributed by atoms with E-state index in [-0.39, 0.29) is 24.7 Å². The van der Waals surface area contributed by atoms with Gasteiger partial charge in [-0.2, -0.15) is 5.10 Å². The Morgan fingerprint density at radius 1 is 1.44 bits per heavy atom. The Balaban J connectivity index is 1.64. The zero-order valence-corrected chi connectivity index (χ0v) is 14.2. The molecule has 1 aromatic carbocycles. The first-order chi connectivity index (χ1) is 12.2. The molecule has 2 unspecified atom stereocenters. The molecule has 0 bridgehead atoms. The van der Waals surface area contributed by atoms with E-state index < -0.39 is 0 Å². The molecule has 1 aliphatic rings. The van der Waals surface area contributed by atoms with Crippen molar-refractivity contribution >= 4 is 5.91 Å². The average Bonchev–Trinajstić information content (AvgIpc) is 3.13. The number of carbonyl (C=O) groups is 1. The maximum absolute atomic E-state index is 12.4. The standard InChI is InChI=1S/C18H23N3O4/c1-2-21-10-14(9-19-21)18(23)20-16-7-8-24-12-17(16)25-15-5-3-13(11-22)4-6-15/h3-6,9-10,16-17,22H,2,7-8,11-12H2,1H3,(H,20,23). The fourth-order valence-electron chi connectivity index (χ4n) is 2.75. The van der Waals surface area contributed by atoms with Gasteiger partial charge < -0.3 is 19.9 Å². The van der Waals surface area contributed by atoms with Gasteiger partial charge in [-0.1, -0.05) is 12.1 Å². The summed E-state index contributed by atoms with van der Waals surface area (Å²) in [6.07, 6.45) is 3.73. The van der Waals surface area contributed by atoms with E-state index in [1.165, 1.54) is 0 Å². The number of aliphatic hydroxyl groups is 1. The van der Waals surface area contributed by atoms with Gasteiger partial charge in [0.1, 0.15) is 11.9 Å². The molecule has 1 fully saturated rings. The highest BCUT2D eigenvalue weighted by atomic mass is 16.5. The van der Waals surface area contributed by atoms with Crippen LogP contribution < -0.4 is 10.1 Å². The highest BCUT2D eigenvalue weighted by Gasteiger charge is 2.29. The van der Waals surface area contributed by atoms with Crippen LogP contribution in [0.3, 0.4) is 0 Å². The maximum atomic E-state index is 12.4. The van der Waals surface area contributed by atoms with Crippen molar-refractivity contribution in [3.63, 3.8) is 0 Å². The molecule has 2 atom stereocenters. The predicted octanol–water partition coefficient (Wildman–Crippen LogP) is 1.36. The van der Waals surface area contributed by atoms with Crippen molar-refractivity contribution in [3.05, 3.63) is 47.8 Å². The van der Waals surface area contributed by atoms with Crippen molar-refractivity contribution in [1.82, 2.24) is 15.1 Å². The Morgan fingerprint density at radius 2 is 2.24 bits per heavy atom. The van der Waals surface area contributed by atoms with Crippen LogP contribution in [-0.4, -0.2) is 46.2 Å². The highest BCUT2D eigenvalue weighted by Crippen LogP contribution is 2.19. The largest absolute Gasteiger partial charge is 0.486 e. The summed E-state index contributed by atoms with van der Waals surface area (Å²) in [6.45, 7) is 3.69. The number of aromatic nitrogens is 2. The van der Waals surface area contributed by atoms with Gasteiger partial charge in [0, 0.05) is 19.3 Å². The molecule has 2 aromatic rings. The van der Waals surface area contributed by atoms with Crippen LogP contribution in [0.1, 0.15) is 29.3 Å². The second kappa shape index (κ2) is 8.13. The van der Waals surface area contributed by atoms with E-state index in [1.807, 2.05) is 31.2 Å². The van der Waals surface area contributed by atoms with Gasteiger partial charge in [0.25, 0.3) is 5.91 Å². The van der Waals surface area contributed by atoms with Crippen LogP contribution in [0.4, 0.5) is 0 Å². The normalized spacial score (nSPS) is 20.2. The van der Waals surface area contributed by atoms with Gasteiger partial charge in [0.2, 0.25) is 0 Å². The van der Waals surface area contributed by atoms with E-state index in [0.29, 0.717) is 30.9 Å². The van der Waals surface area contributed by atoms with Crippen LogP contribution in [0.25, 0.3) is 0 Å². The van der Waals surface area contributed by atoms with Gasteiger partial charge in [0.15, 0.2) is 0 Å². The predicted molar refractivity (Wildman–Crippen MR) is 91.4 cm³/mol. The van der Waals surface area contributed by atoms with Crippen molar-refractivity contribution in [3.8, 4) is 5.75 Å². The Kier molecular flexibility index (Phi) is 5.67. The van der Waals surface area contributed by atoms with Crippen LogP contribution in [0.2, 0.25) is 0 Å². The van der Waals surface area contributed by atoms with Gasteiger partial charge in [-0.25, -0.2) is 0 Å². The molecule has 1 amide bonds. The molecule has 25 heavy (non-hydrogen) atoms. The van der Waals surface area contributed by atoms with E-state index in [4.69, 9.17) is 14.6 Å². The monoisotopic (exact) mass is 345 g/mol. The van der Waals surface area contributed by atoms with Crippen LogP contribution in [-0.2, 0) is 17.9 Å². The average molecular weight is 345 g/mol. The zero-order chi connectivity index (χ0) is 17.6. The van der Waals surface area contributed by atoms with E-state index in [2.05, 4.69) is 10.4 Å². The lowest BCUT2D eigenvalue weighted by Crippen LogP contribution is -2.51. The van der Waals surface area contributed by atoms with Crippen LogP contribution in [0.5, 0.6) is 5.75 Å². The molecule has 1 saturated heterocycles. The minimum Gasteiger partial charge on any atom is -0.486 e. The summed E-state index contributed by atoms with van der Waals surface area (Å²) in [7, 11) is 0. The van der Waals surface area contributed by atoms with Gasteiger partial charge in [-0.3, -0.25) is 9.48 Å². The third-order valence-electron chi connectivity index (χ3n) is 4.23. The molecular weight excluding hydrogens is 322 g/mol. The lowest BCUT2D eigenvalue weighted by Gasteiger charge is -2.32. The van der Waals surface area contributed by atoms with Crippen molar-refractivity contribution in [1.29, 1.82) is 0 Å². The molecule has 0 radical (unpaired) electrons.